The van der Waals surface area contributed by atoms with Gasteiger partial charge in [-0.2, -0.15) is 11.8 Å². The molecule has 0 unspecified atom stereocenters. The van der Waals surface area contributed by atoms with Gasteiger partial charge in [0.25, 0.3) is 0 Å². The van der Waals surface area contributed by atoms with E-state index in [2.05, 4.69) is 5.32 Å². The van der Waals surface area contributed by atoms with Crippen LogP contribution in [0, 0.1) is 0 Å². The molecule has 2 rings (SSSR count). The molecule has 0 saturated carbocycles. The lowest BCUT2D eigenvalue weighted by Crippen LogP contribution is -2.12. The van der Waals surface area contributed by atoms with Crippen LogP contribution in [0.2, 0.25) is 0 Å². The van der Waals surface area contributed by atoms with Gasteiger partial charge in [0.2, 0.25) is 0 Å². The molecular formula is C15H19NO3S2. The quantitative estimate of drug-likeness (QED) is 0.848. The third-order valence-corrected chi connectivity index (χ3v) is 4.69. The molecule has 21 heavy (non-hydrogen) atoms. The fourth-order valence-electron chi connectivity index (χ4n) is 1.92. The van der Waals surface area contributed by atoms with E-state index in [1.54, 1.807) is 23.9 Å². The van der Waals surface area contributed by atoms with Crippen LogP contribution in [0.4, 0.5) is 0 Å². The van der Waals surface area contributed by atoms with Crippen LogP contribution in [0.3, 0.4) is 0 Å². The van der Waals surface area contributed by atoms with Gasteiger partial charge < -0.3 is 9.73 Å². The third-order valence-electron chi connectivity index (χ3n) is 2.98. The fraction of sp³-hybridized carbons (Fsp3) is 0.333. The number of sulfone groups is 1. The summed E-state index contributed by atoms with van der Waals surface area (Å²) in [6, 6.07) is 10.9. The van der Waals surface area contributed by atoms with Gasteiger partial charge in [0.1, 0.15) is 11.5 Å². The Morgan fingerprint density at radius 2 is 1.71 bits per heavy atom. The Morgan fingerprint density at radius 1 is 1.05 bits per heavy atom. The van der Waals surface area contributed by atoms with Gasteiger partial charge in [-0.3, -0.25) is 0 Å². The van der Waals surface area contributed by atoms with Crippen molar-refractivity contribution >= 4 is 21.6 Å². The third kappa shape index (κ3) is 4.91. The molecule has 0 fully saturated rings. The summed E-state index contributed by atoms with van der Waals surface area (Å²) in [7, 11) is -3.12. The van der Waals surface area contributed by atoms with Crippen LogP contribution in [0.15, 0.2) is 45.7 Å². The second-order valence-corrected chi connectivity index (χ2v) is 7.70. The predicted octanol–water partition coefficient (Wildman–Crippen LogP) is 2.84. The average molecular weight is 325 g/mol. The van der Waals surface area contributed by atoms with E-state index in [-0.39, 0.29) is 0 Å². The molecular weight excluding hydrogens is 306 g/mol. The summed E-state index contributed by atoms with van der Waals surface area (Å²) in [6.07, 6.45) is 3.25. The lowest BCUT2D eigenvalue weighted by atomic mass is 10.2. The first kappa shape index (κ1) is 16.1. The molecule has 0 aliphatic rings. The van der Waals surface area contributed by atoms with Crippen LogP contribution in [-0.4, -0.2) is 20.9 Å². The second kappa shape index (κ2) is 7.15. The van der Waals surface area contributed by atoms with E-state index in [1.807, 2.05) is 30.5 Å². The SMILES string of the molecule is CSCc1ccc(CNCc2ccc(S(C)(=O)=O)cc2)o1. The summed E-state index contributed by atoms with van der Waals surface area (Å²) in [5.41, 5.74) is 1.04. The number of hydrogen-bond acceptors (Lipinski definition) is 5. The molecule has 1 N–H and O–H groups in total. The van der Waals surface area contributed by atoms with Gasteiger partial charge in [0.15, 0.2) is 9.84 Å². The smallest absolute Gasteiger partial charge is 0.175 e. The van der Waals surface area contributed by atoms with Crippen molar-refractivity contribution in [1.29, 1.82) is 0 Å². The van der Waals surface area contributed by atoms with Crippen molar-refractivity contribution in [2.75, 3.05) is 12.5 Å². The first-order valence-electron chi connectivity index (χ1n) is 6.55. The van der Waals surface area contributed by atoms with Crippen molar-refractivity contribution in [3.8, 4) is 0 Å². The molecule has 6 heteroatoms. The van der Waals surface area contributed by atoms with Crippen LogP contribution in [0.25, 0.3) is 0 Å². The van der Waals surface area contributed by atoms with Crippen LogP contribution in [0.1, 0.15) is 17.1 Å². The summed E-state index contributed by atoms with van der Waals surface area (Å²) in [5, 5.41) is 3.28. The molecule has 0 aliphatic heterocycles. The van der Waals surface area contributed by atoms with Crippen LogP contribution < -0.4 is 5.32 Å². The van der Waals surface area contributed by atoms with Crippen molar-refractivity contribution in [1.82, 2.24) is 5.32 Å². The second-order valence-electron chi connectivity index (χ2n) is 4.82. The molecule has 0 aliphatic carbocycles. The number of furan rings is 1. The highest BCUT2D eigenvalue weighted by Gasteiger charge is 2.06. The lowest BCUT2D eigenvalue weighted by molar-refractivity contribution is 0.459. The Labute approximate surface area is 129 Å². The van der Waals surface area contributed by atoms with E-state index < -0.39 is 9.84 Å². The molecule has 0 spiro atoms. The first-order valence-corrected chi connectivity index (χ1v) is 9.84. The lowest BCUT2D eigenvalue weighted by Gasteiger charge is -2.04. The molecule has 4 nitrogen and oxygen atoms in total. The molecule has 0 saturated heterocycles. The summed E-state index contributed by atoms with van der Waals surface area (Å²) in [6.45, 7) is 1.32. The molecule has 0 amide bonds. The Balaban J connectivity index is 1.85. The zero-order valence-corrected chi connectivity index (χ0v) is 13.8. The summed E-state index contributed by atoms with van der Waals surface area (Å²) in [4.78, 5) is 0.346. The number of benzene rings is 1. The topological polar surface area (TPSA) is 59.3 Å². The molecule has 114 valence electrons. The monoisotopic (exact) mass is 325 g/mol. The predicted molar refractivity (Wildman–Crippen MR) is 86.0 cm³/mol. The maximum atomic E-state index is 11.4. The number of thioether (sulfide) groups is 1. The van der Waals surface area contributed by atoms with Crippen LogP contribution in [-0.2, 0) is 28.7 Å². The highest BCUT2D eigenvalue weighted by Crippen LogP contribution is 2.14. The summed E-state index contributed by atoms with van der Waals surface area (Å²) in [5.74, 6) is 2.77. The van der Waals surface area contributed by atoms with Gasteiger partial charge in [-0.15, -0.1) is 0 Å². The average Bonchev–Trinajstić information content (AvgIpc) is 2.86. The van der Waals surface area contributed by atoms with Crippen molar-refractivity contribution in [3.05, 3.63) is 53.5 Å². The number of hydrogen-bond donors (Lipinski definition) is 1. The molecule has 0 radical (unpaired) electrons. The minimum atomic E-state index is -3.12. The Morgan fingerprint density at radius 3 is 2.33 bits per heavy atom. The largest absolute Gasteiger partial charge is 0.464 e. The summed E-state index contributed by atoms with van der Waals surface area (Å²) >= 11 is 1.73. The van der Waals surface area contributed by atoms with E-state index in [9.17, 15) is 8.42 Å². The van der Waals surface area contributed by atoms with Crippen LogP contribution >= 0.6 is 11.8 Å². The molecule has 1 aromatic carbocycles. The molecule has 0 atom stereocenters. The fourth-order valence-corrected chi connectivity index (χ4v) is 2.99. The maximum absolute atomic E-state index is 11.4. The van der Waals surface area contributed by atoms with Gasteiger partial charge in [-0.1, -0.05) is 12.1 Å². The Bertz CT molecular complexity index is 675. The minimum absolute atomic E-state index is 0.346. The normalized spacial score (nSPS) is 11.7. The van der Waals surface area contributed by atoms with Gasteiger partial charge in [0.05, 0.1) is 17.2 Å². The highest BCUT2D eigenvalue weighted by atomic mass is 32.2. The van der Waals surface area contributed by atoms with E-state index in [0.717, 1.165) is 22.8 Å². The Hall–Kier alpha value is -1.24. The highest BCUT2D eigenvalue weighted by molar-refractivity contribution is 7.97. The standard InChI is InChI=1S/C15H19NO3S2/c1-20-11-14-6-5-13(19-14)10-16-9-12-3-7-15(8-4-12)21(2,17)18/h3-8,16H,9-11H2,1-2H3. The minimum Gasteiger partial charge on any atom is -0.464 e. The number of rotatable bonds is 7. The van der Waals surface area contributed by atoms with Crippen molar-refractivity contribution in [2.24, 2.45) is 0 Å². The molecule has 2 aromatic rings. The number of nitrogens with one attached hydrogen (secondary N) is 1. The first-order chi connectivity index (χ1) is 9.99. The van der Waals surface area contributed by atoms with E-state index in [1.165, 1.54) is 6.26 Å². The molecule has 1 heterocycles. The van der Waals surface area contributed by atoms with Crippen molar-refractivity contribution in [3.63, 3.8) is 0 Å². The van der Waals surface area contributed by atoms with Gasteiger partial charge >= 0.3 is 0 Å². The van der Waals surface area contributed by atoms with Crippen molar-refractivity contribution in [2.45, 2.75) is 23.7 Å². The summed E-state index contributed by atoms with van der Waals surface area (Å²) < 4.78 is 28.4. The van der Waals surface area contributed by atoms with E-state index >= 15 is 0 Å². The van der Waals surface area contributed by atoms with E-state index in [0.29, 0.717) is 18.0 Å². The van der Waals surface area contributed by atoms with Gasteiger partial charge in [-0.05, 0) is 36.1 Å². The molecule has 0 bridgehead atoms. The van der Waals surface area contributed by atoms with Gasteiger partial charge in [0, 0.05) is 12.8 Å². The molecule has 1 aromatic heterocycles. The Kier molecular flexibility index (Phi) is 5.50. The van der Waals surface area contributed by atoms with E-state index in [4.69, 9.17) is 4.42 Å². The maximum Gasteiger partial charge on any atom is 0.175 e. The zero-order chi connectivity index (χ0) is 15.3. The van der Waals surface area contributed by atoms with Crippen molar-refractivity contribution < 1.29 is 12.8 Å². The van der Waals surface area contributed by atoms with Crippen LogP contribution in [0.5, 0.6) is 0 Å². The zero-order valence-electron chi connectivity index (χ0n) is 12.1. The van der Waals surface area contributed by atoms with Gasteiger partial charge in [-0.25, -0.2) is 8.42 Å².